The first-order valence-corrected chi connectivity index (χ1v) is 23.5. The number of nitrogens with one attached hydrogen (secondary N) is 2. The maximum absolute atomic E-state index is 12.1. The summed E-state index contributed by atoms with van der Waals surface area (Å²) in [7, 11) is 0. The first-order valence-electron chi connectivity index (χ1n) is 23.5. The highest BCUT2D eigenvalue weighted by molar-refractivity contribution is 5.76. The number of amides is 2. The molecular weight excluding hydrogens is 673 g/mol. The number of hydrogen-bond donors (Lipinski definition) is 3. The van der Waals surface area contributed by atoms with E-state index in [2.05, 4.69) is 36.6 Å². The van der Waals surface area contributed by atoms with Gasteiger partial charge in [0.15, 0.2) is 0 Å². The van der Waals surface area contributed by atoms with Crippen LogP contribution >= 0.6 is 0 Å². The molecule has 0 saturated heterocycles. The van der Waals surface area contributed by atoms with E-state index in [0.29, 0.717) is 25.9 Å². The number of esters is 1. The third kappa shape index (κ3) is 42.8. The third-order valence-corrected chi connectivity index (χ3v) is 10.5. The summed E-state index contributed by atoms with van der Waals surface area (Å²) in [5.41, 5.74) is 0. The zero-order chi connectivity index (χ0) is 39.4. The van der Waals surface area contributed by atoms with Crippen molar-refractivity contribution in [2.75, 3.05) is 19.7 Å². The Morgan fingerprint density at radius 1 is 0.444 bits per heavy atom. The van der Waals surface area contributed by atoms with Gasteiger partial charge in [-0.3, -0.25) is 14.4 Å². The lowest BCUT2D eigenvalue weighted by Crippen LogP contribution is -2.39. The minimum Gasteiger partial charge on any atom is -0.466 e. The van der Waals surface area contributed by atoms with Gasteiger partial charge in [0.25, 0.3) is 0 Å². The predicted octanol–water partition coefficient (Wildman–Crippen LogP) is 12.8. The molecule has 0 aromatic carbocycles. The molecule has 7 heteroatoms. The number of unbranched alkanes of at least 4 members (excludes halogenated alkanes) is 29. The van der Waals surface area contributed by atoms with E-state index in [1.54, 1.807) is 0 Å². The summed E-state index contributed by atoms with van der Waals surface area (Å²) in [6, 6.07) is 0. The number of allylic oxidation sites excluding steroid dienone is 2. The highest BCUT2D eigenvalue weighted by atomic mass is 16.5. The van der Waals surface area contributed by atoms with Crippen LogP contribution in [0.15, 0.2) is 12.2 Å². The SMILES string of the molecule is CCCCCCCC/C=C\CCCCCCCC(=O)NCC(O)CNC(=O)CCCCCCCCCOC(=O)CCCCCCCCCCCCCCC. The Morgan fingerprint density at radius 3 is 1.15 bits per heavy atom. The van der Waals surface area contributed by atoms with Gasteiger partial charge in [-0.1, -0.05) is 187 Å². The summed E-state index contributed by atoms with van der Waals surface area (Å²) in [5.74, 6) is -0.119. The predicted molar refractivity (Wildman–Crippen MR) is 230 cm³/mol. The van der Waals surface area contributed by atoms with E-state index < -0.39 is 6.10 Å². The number of rotatable bonds is 43. The Hall–Kier alpha value is -1.89. The van der Waals surface area contributed by atoms with Gasteiger partial charge in [-0.05, 0) is 51.4 Å². The number of ether oxygens (including phenoxy) is 1. The molecule has 7 nitrogen and oxygen atoms in total. The highest BCUT2D eigenvalue weighted by Crippen LogP contribution is 2.14. The summed E-state index contributed by atoms with van der Waals surface area (Å²) in [5, 5.41) is 15.8. The molecule has 0 bridgehead atoms. The van der Waals surface area contributed by atoms with Gasteiger partial charge in [-0.15, -0.1) is 0 Å². The van der Waals surface area contributed by atoms with Crippen molar-refractivity contribution in [3.05, 3.63) is 12.2 Å². The maximum atomic E-state index is 12.1. The van der Waals surface area contributed by atoms with Crippen molar-refractivity contribution in [2.45, 2.75) is 251 Å². The van der Waals surface area contributed by atoms with Crippen LogP contribution in [0.5, 0.6) is 0 Å². The van der Waals surface area contributed by atoms with Crippen molar-refractivity contribution < 1.29 is 24.2 Å². The smallest absolute Gasteiger partial charge is 0.305 e. The van der Waals surface area contributed by atoms with Gasteiger partial charge in [-0.2, -0.15) is 0 Å². The summed E-state index contributed by atoms with van der Waals surface area (Å²) in [6.45, 7) is 5.40. The van der Waals surface area contributed by atoms with Crippen LogP contribution in [0.4, 0.5) is 0 Å². The molecule has 0 aliphatic carbocycles. The maximum Gasteiger partial charge on any atom is 0.305 e. The second-order valence-corrected chi connectivity index (χ2v) is 16.0. The average molecular weight is 763 g/mol. The fourth-order valence-corrected chi connectivity index (χ4v) is 6.89. The van der Waals surface area contributed by atoms with Crippen LogP contribution < -0.4 is 10.6 Å². The van der Waals surface area contributed by atoms with E-state index in [9.17, 15) is 19.5 Å². The van der Waals surface area contributed by atoms with E-state index in [1.165, 1.54) is 128 Å². The Balaban J connectivity index is 3.43. The van der Waals surface area contributed by atoms with Crippen molar-refractivity contribution in [1.82, 2.24) is 10.6 Å². The fourth-order valence-electron chi connectivity index (χ4n) is 6.89. The molecule has 318 valence electrons. The monoisotopic (exact) mass is 763 g/mol. The molecular formula is C47H90N2O5. The van der Waals surface area contributed by atoms with Gasteiger partial charge in [0.2, 0.25) is 11.8 Å². The standard InChI is InChI=1S/C47H90N2O5/c1-3-5-7-9-11-13-15-17-18-20-21-23-26-30-34-38-45(51)48-42-44(50)43-49-46(52)39-35-31-27-25-29-33-37-41-54-47(53)40-36-32-28-24-22-19-16-14-12-10-8-6-4-2/h17-18,44,50H,3-16,19-43H2,1-2H3,(H,48,51)(H,49,52)/b18-17-. The number of hydrogen-bond acceptors (Lipinski definition) is 5. The van der Waals surface area contributed by atoms with Crippen LogP contribution in [0.25, 0.3) is 0 Å². The lowest BCUT2D eigenvalue weighted by atomic mass is 10.0. The van der Waals surface area contributed by atoms with E-state index in [4.69, 9.17) is 4.74 Å². The molecule has 0 saturated carbocycles. The third-order valence-electron chi connectivity index (χ3n) is 10.5. The van der Waals surface area contributed by atoms with E-state index in [-0.39, 0.29) is 30.9 Å². The zero-order valence-corrected chi connectivity index (χ0v) is 35.9. The van der Waals surface area contributed by atoms with Crippen LogP contribution in [0.3, 0.4) is 0 Å². The minimum absolute atomic E-state index is 0.0285. The molecule has 2 amide bonds. The van der Waals surface area contributed by atoms with Gasteiger partial charge < -0.3 is 20.5 Å². The molecule has 3 N–H and O–H groups in total. The lowest BCUT2D eigenvalue weighted by Gasteiger charge is -2.13. The van der Waals surface area contributed by atoms with Crippen molar-refractivity contribution >= 4 is 17.8 Å². The zero-order valence-electron chi connectivity index (χ0n) is 35.9. The van der Waals surface area contributed by atoms with E-state index >= 15 is 0 Å². The van der Waals surface area contributed by atoms with Crippen LogP contribution in [0.1, 0.15) is 245 Å². The molecule has 0 aliphatic heterocycles. The molecule has 0 aliphatic rings. The van der Waals surface area contributed by atoms with Gasteiger partial charge in [0.1, 0.15) is 0 Å². The van der Waals surface area contributed by atoms with Crippen LogP contribution in [-0.2, 0) is 19.1 Å². The Bertz CT molecular complexity index is 848. The van der Waals surface area contributed by atoms with Gasteiger partial charge in [0, 0.05) is 32.4 Å². The van der Waals surface area contributed by atoms with Crippen molar-refractivity contribution in [3.63, 3.8) is 0 Å². The fraction of sp³-hybridized carbons (Fsp3) is 0.894. The second-order valence-electron chi connectivity index (χ2n) is 16.0. The molecule has 0 aromatic heterocycles. The number of aliphatic hydroxyl groups is 1. The topological polar surface area (TPSA) is 105 Å². The second kappa shape index (κ2) is 43.8. The van der Waals surface area contributed by atoms with Crippen molar-refractivity contribution in [1.29, 1.82) is 0 Å². The first kappa shape index (κ1) is 52.1. The first-order chi connectivity index (χ1) is 26.5. The summed E-state index contributed by atoms with van der Waals surface area (Å²) in [4.78, 5) is 36.2. The van der Waals surface area contributed by atoms with E-state index in [0.717, 1.165) is 83.5 Å². The Kier molecular flexibility index (Phi) is 42.3. The molecule has 0 aromatic rings. The molecule has 0 radical (unpaired) electrons. The molecule has 1 atom stereocenters. The summed E-state index contributed by atoms with van der Waals surface area (Å²) in [6.07, 6.45) is 45.6. The number of carbonyl (C=O) groups excluding carboxylic acids is 3. The quantitative estimate of drug-likeness (QED) is 0.0326. The van der Waals surface area contributed by atoms with Gasteiger partial charge >= 0.3 is 5.97 Å². The van der Waals surface area contributed by atoms with Crippen LogP contribution in [0, 0.1) is 0 Å². The molecule has 54 heavy (non-hydrogen) atoms. The highest BCUT2D eigenvalue weighted by Gasteiger charge is 2.09. The lowest BCUT2D eigenvalue weighted by molar-refractivity contribution is -0.144. The van der Waals surface area contributed by atoms with Gasteiger partial charge in [0.05, 0.1) is 12.7 Å². The average Bonchev–Trinajstić information content (AvgIpc) is 3.17. The molecule has 0 heterocycles. The molecule has 0 rings (SSSR count). The largest absolute Gasteiger partial charge is 0.466 e. The minimum atomic E-state index is -0.773. The van der Waals surface area contributed by atoms with Crippen LogP contribution in [-0.4, -0.2) is 48.7 Å². The van der Waals surface area contributed by atoms with E-state index in [1.807, 2.05) is 0 Å². The van der Waals surface area contributed by atoms with Gasteiger partial charge in [-0.25, -0.2) is 0 Å². The molecule has 0 fully saturated rings. The van der Waals surface area contributed by atoms with Crippen molar-refractivity contribution in [3.8, 4) is 0 Å². The normalized spacial score (nSPS) is 12.0. The van der Waals surface area contributed by atoms with Crippen molar-refractivity contribution in [2.24, 2.45) is 0 Å². The Labute approximate surface area is 334 Å². The molecule has 0 spiro atoms. The van der Waals surface area contributed by atoms with Crippen LogP contribution in [0.2, 0.25) is 0 Å². The summed E-state index contributed by atoms with van der Waals surface area (Å²) < 4.78 is 5.42. The Morgan fingerprint density at radius 2 is 0.759 bits per heavy atom. The molecule has 1 unspecified atom stereocenters. The number of carbonyl (C=O) groups is 3. The summed E-state index contributed by atoms with van der Waals surface area (Å²) >= 11 is 0. The number of aliphatic hydroxyl groups excluding tert-OH is 1.